The molecule has 0 aliphatic heterocycles. The van der Waals surface area contributed by atoms with Crippen molar-refractivity contribution in [1.29, 1.82) is 0 Å². The molecule has 3 rings (SSSR count). The van der Waals surface area contributed by atoms with E-state index >= 15 is 0 Å². The van der Waals surface area contributed by atoms with Gasteiger partial charge in [-0.15, -0.1) is 0 Å². The van der Waals surface area contributed by atoms with E-state index in [0.29, 0.717) is 28.8 Å². The summed E-state index contributed by atoms with van der Waals surface area (Å²) in [6, 6.07) is 5.97. The third-order valence-electron chi connectivity index (χ3n) is 3.97. The van der Waals surface area contributed by atoms with E-state index in [2.05, 4.69) is 10.3 Å². The number of pyridine rings is 1. The molecule has 1 fully saturated rings. The number of nitrogens with zero attached hydrogens (tertiary/aromatic N) is 1. The summed E-state index contributed by atoms with van der Waals surface area (Å²) < 4.78 is 13.5. The van der Waals surface area contributed by atoms with E-state index in [4.69, 9.17) is 5.11 Å². The molecule has 2 aromatic rings. The first-order valence-electron chi connectivity index (χ1n) is 7.60. The fraction of sp³-hybridized carbons (Fsp3) is 0.412. The molecule has 1 heterocycles. The van der Waals surface area contributed by atoms with Crippen LogP contribution >= 0.6 is 0 Å². The van der Waals surface area contributed by atoms with E-state index < -0.39 is 0 Å². The second kappa shape index (κ2) is 6.01. The van der Waals surface area contributed by atoms with Gasteiger partial charge in [-0.05, 0) is 50.5 Å². The lowest BCUT2D eigenvalue weighted by Gasteiger charge is -2.14. The number of amides is 1. The molecule has 116 valence electrons. The molecule has 1 unspecified atom stereocenters. The second-order valence-electron chi connectivity index (χ2n) is 5.92. The van der Waals surface area contributed by atoms with E-state index in [1.807, 2.05) is 6.92 Å². The number of benzene rings is 1. The Morgan fingerprint density at radius 2 is 2.23 bits per heavy atom. The lowest BCUT2D eigenvalue weighted by atomic mass is 10.0. The Morgan fingerprint density at radius 1 is 1.45 bits per heavy atom. The molecule has 1 saturated carbocycles. The predicted molar refractivity (Wildman–Crippen MR) is 82.3 cm³/mol. The zero-order valence-corrected chi connectivity index (χ0v) is 12.5. The highest BCUT2D eigenvalue weighted by Crippen LogP contribution is 2.40. The van der Waals surface area contributed by atoms with Gasteiger partial charge < -0.3 is 10.4 Å². The van der Waals surface area contributed by atoms with Crippen LogP contribution in [0.3, 0.4) is 0 Å². The third-order valence-corrected chi connectivity index (χ3v) is 3.97. The Balaban J connectivity index is 2.01. The maximum absolute atomic E-state index is 13.5. The van der Waals surface area contributed by atoms with Crippen LogP contribution in [-0.4, -0.2) is 28.6 Å². The highest BCUT2D eigenvalue weighted by molar-refractivity contribution is 6.06. The average Bonchev–Trinajstić information content (AvgIpc) is 3.31. The summed E-state index contributed by atoms with van der Waals surface area (Å²) in [7, 11) is 0. The number of carbonyl (C=O) groups excluding carboxylic acids is 1. The normalized spacial score (nSPS) is 15.8. The van der Waals surface area contributed by atoms with Crippen LogP contribution in [-0.2, 0) is 0 Å². The Kier molecular flexibility index (Phi) is 4.07. The van der Waals surface area contributed by atoms with Gasteiger partial charge in [-0.25, -0.2) is 4.39 Å². The first kappa shape index (κ1) is 14.9. The van der Waals surface area contributed by atoms with Crippen LogP contribution in [0.2, 0.25) is 0 Å². The molecule has 4 nitrogen and oxygen atoms in total. The molecule has 1 aromatic heterocycles. The Hall–Kier alpha value is -2.01. The topological polar surface area (TPSA) is 62.2 Å². The van der Waals surface area contributed by atoms with Crippen LogP contribution < -0.4 is 5.32 Å². The minimum atomic E-state index is -0.383. The van der Waals surface area contributed by atoms with Crippen molar-refractivity contribution in [2.45, 2.75) is 38.1 Å². The molecule has 0 spiro atoms. The number of halogens is 1. The fourth-order valence-electron chi connectivity index (χ4n) is 2.56. The number of hydrogen-bond acceptors (Lipinski definition) is 3. The Morgan fingerprint density at radius 3 is 2.91 bits per heavy atom. The van der Waals surface area contributed by atoms with Crippen molar-refractivity contribution in [3.05, 3.63) is 41.3 Å². The second-order valence-corrected chi connectivity index (χ2v) is 5.92. The van der Waals surface area contributed by atoms with Gasteiger partial charge in [0.25, 0.3) is 5.91 Å². The lowest BCUT2D eigenvalue weighted by molar-refractivity contribution is 0.0936. The van der Waals surface area contributed by atoms with Gasteiger partial charge in [0.15, 0.2) is 0 Å². The number of aliphatic hydroxyl groups is 1. The highest BCUT2D eigenvalue weighted by Gasteiger charge is 2.27. The van der Waals surface area contributed by atoms with Gasteiger partial charge in [0.05, 0.1) is 11.1 Å². The van der Waals surface area contributed by atoms with E-state index in [1.54, 1.807) is 12.1 Å². The van der Waals surface area contributed by atoms with Crippen molar-refractivity contribution in [1.82, 2.24) is 10.3 Å². The molecular weight excluding hydrogens is 283 g/mol. The third kappa shape index (κ3) is 3.09. The largest absolute Gasteiger partial charge is 0.396 e. The van der Waals surface area contributed by atoms with Gasteiger partial charge in [0.1, 0.15) is 5.82 Å². The average molecular weight is 302 g/mol. The quantitative estimate of drug-likeness (QED) is 0.892. The van der Waals surface area contributed by atoms with Crippen molar-refractivity contribution in [2.24, 2.45) is 0 Å². The summed E-state index contributed by atoms with van der Waals surface area (Å²) in [4.78, 5) is 17.1. The number of carbonyl (C=O) groups is 1. The van der Waals surface area contributed by atoms with Crippen molar-refractivity contribution in [3.63, 3.8) is 0 Å². The molecular formula is C17H19FN2O2. The molecule has 0 saturated heterocycles. The van der Waals surface area contributed by atoms with Gasteiger partial charge in [-0.1, -0.05) is 0 Å². The summed E-state index contributed by atoms with van der Waals surface area (Å²) in [5.74, 6) is -0.220. The number of fused-ring (bicyclic) bond motifs is 1. The van der Waals surface area contributed by atoms with Gasteiger partial charge in [-0.2, -0.15) is 0 Å². The molecule has 0 radical (unpaired) electrons. The van der Waals surface area contributed by atoms with Crippen LogP contribution in [0.5, 0.6) is 0 Å². The van der Waals surface area contributed by atoms with Crippen LogP contribution in [0.1, 0.15) is 48.2 Å². The Bertz CT molecular complexity index is 713. The van der Waals surface area contributed by atoms with Gasteiger partial charge in [0, 0.05) is 29.6 Å². The Labute approximate surface area is 128 Å². The molecule has 1 aromatic carbocycles. The summed E-state index contributed by atoms with van der Waals surface area (Å²) in [6.07, 6.45) is 2.65. The molecule has 0 bridgehead atoms. The fourth-order valence-corrected chi connectivity index (χ4v) is 2.56. The number of nitrogens with one attached hydrogen (secondary N) is 1. The zero-order valence-electron chi connectivity index (χ0n) is 12.5. The SMILES string of the molecule is CC(CCO)NC(=O)c1cc(C2CC2)nc2ccc(F)cc12. The van der Waals surface area contributed by atoms with Crippen molar-refractivity contribution < 1.29 is 14.3 Å². The van der Waals surface area contributed by atoms with Gasteiger partial charge in [0.2, 0.25) is 0 Å². The molecule has 1 aliphatic carbocycles. The molecule has 1 atom stereocenters. The number of aromatic nitrogens is 1. The van der Waals surface area contributed by atoms with Crippen molar-refractivity contribution in [2.75, 3.05) is 6.61 Å². The lowest BCUT2D eigenvalue weighted by Crippen LogP contribution is -2.33. The van der Waals surface area contributed by atoms with E-state index in [1.165, 1.54) is 12.1 Å². The number of hydrogen-bond donors (Lipinski definition) is 2. The smallest absolute Gasteiger partial charge is 0.252 e. The molecule has 1 amide bonds. The number of rotatable bonds is 5. The zero-order chi connectivity index (χ0) is 15.7. The summed E-state index contributed by atoms with van der Waals surface area (Å²) in [6.45, 7) is 1.85. The monoisotopic (exact) mass is 302 g/mol. The van der Waals surface area contributed by atoms with Gasteiger partial charge in [-0.3, -0.25) is 9.78 Å². The van der Waals surface area contributed by atoms with Crippen LogP contribution in [0.4, 0.5) is 4.39 Å². The van der Waals surface area contributed by atoms with Gasteiger partial charge >= 0.3 is 0 Å². The maximum Gasteiger partial charge on any atom is 0.252 e. The van der Waals surface area contributed by atoms with E-state index in [0.717, 1.165) is 18.5 Å². The summed E-state index contributed by atoms with van der Waals surface area (Å²) >= 11 is 0. The summed E-state index contributed by atoms with van der Waals surface area (Å²) in [5, 5.41) is 12.3. The number of aliphatic hydroxyl groups excluding tert-OH is 1. The molecule has 1 aliphatic rings. The first-order chi connectivity index (χ1) is 10.6. The molecule has 22 heavy (non-hydrogen) atoms. The first-order valence-corrected chi connectivity index (χ1v) is 7.60. The van der Waals surface area contributed by atoms with Crippen LogP contribution in [0, 0.1) is 5.82 Å². The molecule has 2 N–H and O–H groups in total. The molecule has 5 heteroatoms. The predicted octanol–water partition coefficient (Wildman–Crippen LogP) is 2.75. The van der Waals surface area contributed by atoms with Crippen LogP contribution in [0.25, 0.3) is 10.9 Å². The standard InChI is InChI=1S/C17H19FN2O2/c1-10(6-7-21)19-17(22)14-9-16(11-2-3-11)20-15-5-4-12(18)8-13(14)15/h4-5,8-11,21H,2-3,6-7H2,1H3,(H,19,22). The highest BCUT2D eigenvalue weighted by atomic mass is 19.1. The van der Waals surface area contributed by atoms with E-state index in [-0.39, 0.29) is 24.4 Å². The van der Waals surface area contributed by atoms with Crippen molar-refractivity contribution in [3.8, 4) is 0 Å². The van der Waals surface area contributed by atoms with Crippen molar-refractivity contribution >= 4 is 16.8 Å². The van der Waals surface area contributed by atoms with E-state index in [9.17, 15) is 9.18 Å². The minimum Gasteiger partial charge on any atom is -0.396 e. The maximum atomic E-state index is 13.5. The minimum absolute atomic E-state index is 0.0144. The summed E-state index contributed by atoms with van der Waals surface area (Å²) in [5.41, 5.74) is 2.00. The van der Waals surface area contributed by atoms with Crippen LogP contribution in [0.15, 0.2) is 24.3 Å².